The summed E-state index contributed by atoms with van der Waals surface area (Å²) in [6.45, 7) is 2.04. The summed E-state index contributed by atoms with van der Waals surface area (Å²) in [6, 6.07) is 3.63. The molecule has 0 atom stereocenters. The molecular formula is C12H12ClN7O. The number of rotatable bonds is 2. The molecule has 9 heteroatoms. The quantitative estimate of drug-likeness (QED) is 0.597. The molecule has 0 unspecified atom stereocenters. The summed E-state index contributed by atoms with van der Waals surface area (Å²) >= 11 is 6.09. The van der Waals surface area contributed by atoms with Gasteiger partial charge in [0.15, 0.2) is 11.5 Å². The average molecular weight is 306 g/mol. The number of fused-ring (bicyclic) bond motifs is 1. The largest absolute Gasteiger partial charge is 0.382 e. The fraction of sp³-hybridized carbons (Fsp3) is 0.167. The molecule has 3 rings (SSSR count). The van der Waals surface area contributed by atoms with Crippen molar-refractivity contribution in [1.29, 1.82) is 0 Å². The van der Waals surface area contributed by atoms with Crippen LogP contribution in [-0.4, -0.2) is 24.5 Å². The molecule has 108 valence electrons. The minimum Gasteiger partial charge on any atom is -0.382 e. The van der Waals surface area contributed by atoms with Gasteiger partial charge in [0.2, 0.25) is 5.95 Å². The Hall–Kier alpha value is -2.61. The van der Waals surface area contributed by atoms with E-state index in [0.29, 0.717) is 21.9 Å². The molecule has 0 spiro atoms. The van der Waals surface area contributed by atoms with E-state index in [2.05, 4.69) is 19.9 Å². The lowest BCUT2D eigenvalue weighted by Crippen LogP contribution is -2.18. The van der Waals surface area contributed by atoms with Crippen LogP contribution in [0.2, 0.25) is 5.15 Å². The minimum atomic E-state index is -0.367. The summed E-state index contributed by atoms with van der Waals surface area (Å²) < 4.78 is 1.39. The van der Waals surface area contributed by atoms with Crippen LogP contribution < -0.4 is 17.2 Å². The smallest absolute Gasteiger partial charge is 0.328 e. The van der Waals surface area contributed by atoms with E-state index >= 15 is 0 Å². The van der Waals surface area contributed by atoms with E-state index in [9.17, 15) is 4.79 Å². The molecule has 0 aliphatic heterocycles. The Labute approximate surface area is 123 Å². The van der Waals surface area contributed by atoms with Crippen molar-refractivity contribution in [3.63, 3.8) is 0 Å². The number of nitrogen functional groups attached to an aromatic ring is 2. The van der Waals surface area contributed by atoms with Gasteiger partial charge in [0, 0.05) is 11.3 Å². The van der Waals surface area contributed by atoms with Crippen LogP contribution in [0.15, 0.2) is 16.9 Å². The Morgan fingerprint density at radius 2 is 2.05 bits per heavy atom. The standard InChI is InChI=1S/C12H12ClN7O/c1-5-2-3-6(8(13)16-5)4-20-10-7(17-12(20)21)9(14)18-11(15)19-10/h2-3H,4H2,1H3,(H,17,21)(H4,14,15,18,19). The van der Waals surface area contributed by atoms with Crippen molar-refractivity contribution >= 4 is 34.5 Å². The average Bonchev–Trinajstić information content (AvgIpc) is 2.70. The third-order valence-electron chi connectivity index (χ3n) is 3.06. The molecule has 0 amide bonds. The molecule has 21 heavy (non-hydrogen) atoms. The molecule has 5 N–H and O–H groups in total. The van der Waals surface area contributed by atoms with E-state index in [1.807, 2.05) is 19.1 Å². The second-order valence-corrected chi connectivity index (χ2v) is 4.94. The van der Waals surface area contributed by atoms with Crippen LogP contribution in [0, 0.1) is 6.92 Å². The van der Waals surface area contributed by atoms with Gasteiger partial charge in [-0.3, -0.25) is 4.57 Å². The second kappa shape index (κ2) is 4.74. The molecule has 0 bridgehead atoms. The molecule has 3 aromatic heterocycles. The summed E-state index contributed by atoms with van der Waals surface area (Å²) in [7, 11) is 0. The van der Waals surface area contributed by atoms with Crippen molar-refractivity contribution in [2.45, 2.75) is 13.5 Å². The molecule has 0 aliphatic rings. The van der Waals surface area contributed by atoms with Crippen LogP contribution in [0.4, 0.5) is 11.8 Å². The van der Waals surface area contributed by atoms with Crippen molar-refractivity contribution in [2.24, 2.45) is 0 Å². The number of anilines is 2. The lowest BCUT2D eigenvalue weighted by molar-refractivity contribution is 0.774. The van der Waals surface area contributed by atoms with E-state index in [0.717, 1.165) is 5.69 Å². The van der Waals surface area contributed by atoms with Gasteiger partial charge in [-0.1, -0.05) is 17.7 Å². The number of halogens is 1. The molecule has 3 heterocycles. The molecule has 0 aromatic carbocycles. The second-order valence-electron chi connectivity index (χ2n) is 4.58. The van der Waals surface area contributed by atoms with Crippen LogP contribution in [-0.2, 0) is 6.54 Å². The third-order valence-corrected chi connectivity index (χ3v) is 3.39. The first-order valence-corrected chi connectivity index (χ1v) is 6.47. The number of nitrogens with one attached hydrogen (secondary N) is 1. The maximum absolute atomic E-state index is 12.1. The van der Waals surface area contributed by atoms with Gasteiger partial charge >= 0.3 is 5.69 Å². The van der Waals surface area contributed by atoms with E-state index in [-0.39, 0.29) is 24.0 Å². The summed E-state index contributed by atoms with van der Waals surface area (Å²) in [5, 5.41) is 0.339. The maximum Gasteiger partial charge on any atom is 0.328 e. The zero-order chi connectivity index (χ0) is 15.1. The molecular weight excluding hydrogens is 294 g/mol. The highest BCUT2D eigenvalue weighted by Crippen LogP contribution is 2.19. The summed E-state index contributed by atoms with van der Waals surface area (Å²) in [5.41, 5.74) is 13.1. The van der Waals surface area contributed by atoms with Crippen LogP contribution in [0.3, 0.4) is 0 Å². The molecule has 0 aliphatic carbocycles. The van der Waals surface area contributed by atoms with Crippen molar-refractivity contribution in [3.05, 3.63) is 39.0 Å². The fourth-order valence-electron chi connectivity index (χ4n) is 2.06. The lowest BCUT2D eigenvalue weighted by Gasteiger charge is -2.06. The van der Waals surface area contributed by atoms with E-state index in [1.165, 1.54) is 4.57 Å². The highest BCUT2D eigenvalue weighted by atomic mass is 35.5. The monoisotopic (exact) mass is 305 g/mol. The first-order chi connectivity index (χ1) is 9.95. The van der Waals surface area contributed by atoms with E-state index in [1.54, 1.807) is 0 Å². The Morgan fingerprint density at radius 1 is 1.29 bits per heavy atom. The predicted molar refractivity (Wildman–Crippen MR) is 80.1 cm³/mol. The van der Waals surface area contributed by atoms with Gasteiger partial charge in [0.1, 0.15) is 10.7 Å². The van der Waals surface area contributed by atoms with Gasteiger partial charge in [-0.05, 0) is 13.0 Å². The number of hydrogen-bond donors (Lipinski definition) is 3. The third kappa shape index (κ3) is 2.29. The topological polar surface area (TPSA) is 128 Å². The molecule has 0 fully saturated rings. The van der Waals surface area contributed by atoms with Crippen LogP contribution in [0.25, 0.3) is 11.2 Å². The first-order valence-electron chi connectivity index (χ1n) is 6.09. The zero-order valence-electron chi connectivity index (χ0n) is 11.1. The predicted octanol–water partition coefficient (Wildman–Crippen LogP) is 0.689. The van der Waals surface area contributed by atoms with Crippen LogP contribution in [0.1, 0.15) is 11.3 Å². The Morgan fingerprint density at radius 3 is 2.76 bits per heavy atom. The number of hydrogen-bond acceptors (Lipinski definition) is 6. The molecule has 3 aromatic rings. The van der Waals surface area contributed by atoms with E-state index in [4.69, 9.17) is 23.1 Å². The number of aromatic amines is 1. The highest BCUT2D eigenvalue weighted by molar-refractivity contribution is 6.30. The fourth-order valence-corrected chi connectivity index (χ4v) is 2.31. The van der Waals surface area contributed by atoms with Crippen molar-refractivity contribution in [3.8, 4) is 0 Å². The van der Waals surface area contributed by atoms with Crippen LogP contribution >= 0.6 is 11.6 Å². The maximum atomic E-state index is 12.1. The summed E-state index contributed by atoms with van der Waals surface area (Å²) in [4.78, 5) is 26.7. The number of aromatic nitrogens is 5. The summed E-state index contributed by atoms with van der Waals surface area (Å²) in [6.07, 6.45) is 0. The number of pyridine rings is 1. The number of imidazole rings is 1. The molecule has 0 saturated carbocycles. The molecule has 8 nitrogen and oxygen atoms in total. The van der Waals surface area contributed by atoms with Gasteiger partial charge in [-0.15, -0.1) is 0 Å². The number of aryl methyl sites for hydroxylation is 1. The van der Waals surface area contributed by atoms with Crippen molar-refractivity contribution in [1.82, 2.24) is 24.5 Å². The normalized spacial score (nSPS) is 11.1. The Kier molecular flexibility index (Phi) is 3.02. The lowest BCUT2D eigenvalue weighted by atomic mass is 10.2. The van der Waals surface area contributed by atoms with Gasteiger partial charge in [0.05, 0.1) is 6.54 Å². The number of nitrogens with zero attached hydrogens (tertiary/aromatic N) is 4. The van der Waals surface area contributed by atoms with Gasteiger partial charge in [-0.2, -0.15) is 9.97 Å². The van der Waals surface area contributed by atoms with Gasteiger partial charge in [-0.25, -0.2) is 9.78 Å². The van der Waals surface area contributed by atoms with Gasteiger partial charge in [0.25, 0.3) is 0 Å². The molecule has 0 saturated heterocycles. The van der Waals surface area contributed by atoms with E-state index < -0.39 is 0 Å². The number of nitrogens with two attached hydrogens (primary N) is 2. The Balaban J connectivity index is 2.16. The first kappa shape index (κ1) is 13.4. The Bertz CT molecular complexity index is 898. The highest BCUT2D eigenvalue weighted by Gasteiger charge is 2.14. The SMILES string of the molecule is Cc1ccc(Cn2c(=O)[nH]c3c(N)nc(N)nc32)c(Cl)n1. The zero-order valence-corrected chi connectivity index (χ0v) is 11.8. The van der Waals surface area contributed by atoms with Gasteiger partial charge < -0.3 is 16.5 Å². The van der Waals surface area contributed by atoms with Crippen molar-refractivity contribution in [2.75, 3.05) is 11.5 Å². The van der Waals surface area contributed by atoms with Crippen LogP contribution in [0.5, 0.6) is 0 Å². The molecule has 0 radical (unpaired) electrons. The summed E-state index contributed by atoms with van der Waals surface area (Å²) in [5.74, 6) is 0.127. The van der Waals surface area contributed by atoms with Crippen molar-refractivity contribution < 1.29 is 0 Å². The minimum absolute atomic E-state index is 0.000813. The number of H-pyrrole nitrogens is 1.